The van der Waals surface area contributed by atoms with Crippen LogP contribution in [0.4, 0.5) is 5.82 Å². The Balaban J connectivity index is 1.96. The maximum Gasteiger partial charge on any atom is 0.330 e. The van der Waals surface area contributed by atoms with Crippen molar-refractivity contribution in [2.75, 3.05) is 18.1 Å². The third-order valence-corrected chi connectivity index (χ3v) is 5.88. The predicted molar refractivity (Wildman–Crippen MR) is 133 cm³/mol. The molecule has 7 nitrogen and oxygen atoms in total. The summed E-state index contributed by atoms with van der Waals surface area (Å²) in [6, 6.07) is 7.11. The summed E-state index contributed by atoms with van der Waals surface area (Å²) in [6.45, 7) is 6.66. The zero-order chi connectivity index (χ0) is 24.3. The Labute approximate surface area is 198 Å². The van der Waals surface area contributed by atoms with Gasteiger partial charge in [0.15, 0.2) is 0 Å². The number of fused-ring (bicyclic) bond motifs is 3. The number of nitrogens with one attached hydrogen (secondary N) is 1. The van der Waals surface area contributed by atoms with Gasteiger partial charge in [-0.25, -0.2) is 4.79 Å². The summed E-state index contributed by atoms with van der Waals surface area (Å²) in [4.78, 5) is 45.6. The van der Waals surface area contributed by atoms with E-state index in [4.69, 9.17) is 4.74 Å². The second-order valence-electron chi connectivity index (χ2n) is 7.88. The van der Waals surface area contributed by atoms with Crippen LogP contribution in [0.25, 0.3) is 10.8 Å². The lowest BCUT2D eigenvalue weighted by Gasteiger charge is -2.37. The molecule has 0 saturated carbocycles. The topological polar surface area (TPSA) is 82.7 Å². The van der Waals surface area contributed by atoms with Crippen molar-refractivity contribution in [1.29, 1.82) is 0 Å². The van der Waals surface area contributed by atoms with Crippen LogP contribution in [0.5, 0.6) is 0 Å². The van der Waals surface area contributed by atoms with Gasteiger partial charge in [0.2, 0.25) is 5.78 Å². The Hall–Kier alpha value is -4.13. The second kappa shape index (κ2) is 9.39. The van der Waals surface area contributed by atoms with Crippen molar-refractivity contribution in [3.63, 3.8) is 0 Å². The highest BCUT2D eigenvalue weighted by atomic mass is 16.5. The van der Waals surface area contributed by atoms with E-state index in [1.807, 2.05) is 66.4 Å². The maximum absolute atomic E-state index is 14.1. The SMILES string of the molecule is C/C=C/C(=C/C=C\C(=O)OCC)N1c2[nH]c(=O)c3ccccc3c2C(=O)C12C=CN(CC)C=C2. The fourth-order valence-corrected chi connectivity index (χ4v) is 4.32. The number of allylic oxidation sites excluding steroid dienone is 4. The molecule has 0 aliphatic carbocycles. The summed E-state index contributed by atoms with van der Waals surface area (Å²) in [5, 5.41) is 1.07. The molecular weight excluding hydrogens is 430 g/mol. The van der Waals surface area contributed by atoms with E-state index in [0.29, 0.717) is 27.9 Å². The molecule has 2 aliphatic heterocycles. The minimum Gasteiger partial charge on any atom is -0.463 e. The molecule has 1 aromatic heterocycles. The fourth-order valence-electron chi connectivity index (χ4n) is 4.32. The van der Waals surface area contributed by atoms with Gasteiger partial charge in [-0.1, -0.05) is 30.4 Å². The van der Waals surface area contributed by atoms with E-state index in [0.717, 1.165) is 6.54 Å². The van der Waals surface area contributed by atoms with Crippen LogP contribution in [-0.4, -0.2) is 40.3 Å². The third-order valence-electron chi connectivity index (χ3n) is 5.88. The summed E-state index contributed by atoms with van der Waals surface area (Å²) in [6.07, 6.45) is 15.7. The maximum atomic E-state index is 14.1. The normalized spacial score (nSPS) is 17.0. The van der Waals surface area contributed by atoms with E-state index in [2.05, 4.69) is 4.98 Å². The molecule has 4 rings (SSSR count). The number of benzene rings is 1. The monoisotopic (exact) mass is 457 g/mol. The van der Waals surface area contributed by atoms with Crippen LogP contribution >= 0.6 is 0 Å². The molecule has 0 amide bonds. The van der Waals surface area contributed by atoms with Crippen molar-refractivity contribution >= 4 is 28.3 Å². The summed E-state index contributed by atoms with van der Waals surface area (Å²) < 4.78 is 4.96. The molecule has 174 valence electrons. The first-order valence-corrected chi connectivity index (χ1v) is 11.3. The Bertz CT molecular complexity index is 1330. The lowest BCUT2D eigenvalue weighted by molar-refractivity contribution is -0.137. The van der Waals surface area contributed by atoms with Crippen LogP contribution in [0.3, 0.4) is 0 Å². The van der Waals surface area contributed by atoms with Gasteiger partial charge in [0, 0.05) is 41.5 Å². The number of aromatic nitrogens is 1. The largest absolute Gasteiger partial charge is 0.463 e. The highest BCUT2D eigenvalue weighted by Gasteiger charge is 2.51. The molecule has 0 fully saturated rings. The molecule has 0 radical (unpaired) electrons. The van der Waals surface area contributed by atoms with E-state index >= 15 is 0 Å². The van der Waals surface area contributed by atoms with E-state index in [-0.39, 0.29) is 17.9 Å². The molecule has 3 heterocycles. The molecule has 7 heteroatoms. The van der Waals surface area contributed by atoms with Gasteiger partial charge in [0.1, 0.15) is 11.4 Å². The number of hydrogen-bond donors (Lipinski definition) is 1. The molecule has 0 bridgehead atoms. The van der Waals surface area contributed by atoms with Gasteiger partial charge in [-0.3, -0.25) is 9.59 Å². The number of carbonyl (C=O) groups is 2. The first-order chi connectivity index (χ1) is 16.5. The number of esters is 1. The van der Waals surface area contributed by atoms with Gasteiger partial charge >= 0.3 is 5.97 Å². The number of rotatable bonds is 6. The highest BCUT2D eigenvalue weighted by molar-refractivity contribution is 6.23. The molecule has 2 aliphatic rings. The van der Waals surface area contributed by atoms with Crippen LogP contribution in [0.1, 0.15) is 31.1 Å². The first-order valence-electron chi connectivity index (χ1n) is 11.3. The Kier molecular flexibility index (Phi) is 6.36. The van der Waals surface area contributed by atoms with E-state index in [9.17, 15) is 14.4 Å². The first kappa shape index (κ1) is 23.0. The minimum absolute atomic E-state index is 0.136. The summed E-state index contributed by atoms with van der Waals surface area (Å²) in [5.74, 6) is -0.175. The molecular formula is C27H27N3O4. The van der Waals surface area contributed by atoms with Gasteiger partial charge in [0.05, 0.1) is 12.2 Å². The van der Waals surface area contributed by atoms with E-state index in [1.165, 1.54) is 6.08 Å². The Morgan fingerprint density at radius 2 is 1.79 bits per heavy atom. The number of aromatic amines is 1. The van der Waals surface area contributed by atoms with Crippen LogP contribution < -0.4 is 10.5 Å². The minimum atomic E-state index is -1.16. The second-order valence-corrected chi connectivity index (χ2v) is 7.88. The number of carbonyl (C=O) groups excluding carboxylic acids is 2. The van der Waals surface area contributed by atoms with Crippen LogP contribution in [0, 0.1) is 0 Å². The number of hydrogen-bond acceptors (Lipinski definition) is 6. The number of anilines is 1. The van der Waals surface area contributed by atoms with Gasteiger partial charge in [-0.15, -0.1) is 0 Å². The van der Waals surface area contributed by atoms with Crippen LogP contribution in [0.2, 0.25) is 0 Å². The molecule has 1 N–H and O–H groups in total. The Morgan fingerprint density at radius 3 is 2.44 bits per heavy atom. The molecule has 0 saturated heterocycles. The molecule has 34 heavy (non-hydrogen) atoms. The van der Waals surface area contributed by atoms with E-state index < -0.39 is 11.5 Å². The highest BCUT2D eigenvalue weighted by Crippen LogP contribution is 2.45. The average Bonchev–Trinajstić information content (AvgIpc) is 3.07. The number of pyridine rings is 1. The lowest BCUT2D eigenvalue weighted by Crippen LogP contribution is -2.48. The number of ketones is 1. The lowest BCUT2D eigenvalue weighted by atomic mass is 9.89. The average molecular weight is 458 g/mol. The predicted octanol–water partition coefficient (Wildman–Crippen LogP) is 4.21. The van der Waals surface area contributed by atoms with Crippen molar-refractivity contribution in [1.82, 2.24) is 9.88 Å². The summed E-state index contributed by atoms with van der Waals surface area (Å²) >= 11 is 0. The van der Waals surface area contributed by atoms with Crippen molar-refractivity contribution < 1.29 is 14.3 Å². The molecule has 1 spiro atoms. The zero-order valence-electron chi connectivity index (χ0n) is 19.4. The van der Waals surface area contributed by atoms with Gasteiger partial charge in [-0.05, 0) is 51.1 Å². The Morgan fingerprint density at radius 1 is 1.09 bits per heavy atom. The standard InChI is InChI=1S/C27H27N3O4/c1-4-10-19(11-9-14-22(31)34-6-3)30-25-23(20-12-7-8-13-21(20)26(33)28-25)24(32)27(30)15-17-29(5-2)18-16-27/h4,7-18H,5-6H2,1-3H3,(H,28,33)/b10-4+,14-9-,19-11-. The number of Topliss-reactive ketones (excluding diaryl/α,β-unsaturated/α-hetero) is 1. The fraction of sp³-hybridized carbons (Fsp3) is 0.222. The molecule has 2 aromatic rings. The van der Waals surface area contributed by atoms with Crippen molar-refractivity contribution in [3.05, 3.63) is 101 Å². The van der Waals surface area contributed by atoms with Gasteiger partial charge in [-0.2, -0.15) is 0 Å². The molecule has 0 atom stereocenters. The number of ether oxygens (including phenoxy) is 1. The number of H-pyrrole nitrogens is 1. The van der Waals surface area contributed by atoms with Crippen LogP contribution in [-0.2, 0) is 9.53 Å². The van der Waals surface area contributed by atoms with Gasteiger partial charge in [0.25, 0.3) is 5.56 Å². The zero-order valence-corrected chi connectivity index (χ0v) is 19.4. The van der Waals surface area contributed by atoms with Crippen molar-refractivity contribution in [3.8, 4) is 0 Å². The molecule has 0 unspecified atom stereocenters. The van der Waals surface area contributed by atoms with Crippen molar-refractivity contribution in [2.24, 2.45) is 0 Å². The number of nitrogens with zero attached hydrogens (tertiary/aromatic N) is 2. The summed E-state index contributed by atoms with van der Waals surface area (Å²) in [5.41, 5.74) is -0.353. The van der Waals surface area contributed by atoms with Gasteiger partial charge < -0.3 is 19.5 Å². The summed E-state index contributed by atoms with van der Waals surface area (Å²) in [7, 11) is 0. The molecule has 1 aromatic carbocycles. The van der Waals surface area contributed by atoms with E-state index in [1.54, 1.807) is 37.3 Å². The third kappa shape index (κ3) is 3.79. The quantitative estimate of drug-likeness (QED) is 0.398. The van der Waals surface area contributed by atoms with Crippen molar-refractivity contribution in [2.45, 2.75) is 26.3 Å². The van der Waals surface area contributed by atoms with Crippen LogP contribution in [0.15, 0.2) is 89.7 Å². The smallest absolute Gasteiger partial charge is 0.330 e.